The van der Waals surface area contributed by atoms with Gasteiger partial charge in [0.2, 0.25) is 0 Å². The number of esters is 1. The van der Waals surface area contributed by atoms with Crippen LogP contribution in [-0.2, 0) is 9.53 Å². The molecule has 0 aromatic carbocycles. The first-order valence-electron chi connectivity index (χ1n) is 10.1. The fourth-order valence-electron chi connectivity index (χ4n) is 2.62. The zero-order chi connectivity index (χ0) is 17.2. The first kappa shape index (κ1) is 22.2. The average molecular weight is 325 g/mol. The molecule has 0 unspecified atom stereocenters. The van der Waals surface area contributed by atoms with Gasteiger partial charge in [0.05, 0.1) is 6.61 Å². The molecule has 0 aliphatic heterocycles. The quantitative estimate of drug-likeness (QED) is 0.174. The highest BCUT2D eigenvalue weighted by molar-refractivity contribution is 5.88. The second-order valence-corrected chi connectivity index (χ2v) is 6.59. The summed E-state index contributed by atoms with van der Waals surface area (Å²) >= 11 is 0. The summed E-state index contributed by atoms with van der Waals surface area (Å²) in [5, 5.41) is 0. The summed E-state index contributed by atoms with van der Waals surface area (Å²) in [7, 11) is 0. The molecule has 0 amide bonds. The Morgan fingerprint density at radius 2 is 1.30 bits per heavy atom. The predicted octanol–water partition coefficient (Wildman–Crippen LogP) is 6.98. The SMILES string of the molecule is CCCCC=C(CCCCCCCCCC)C(=O)OCCCC. The van der Waals surface area contributed by atoms with Crippen molar-refractivity contribution in [1.29, 1.82) is 0 Å². The molecular weight excluding hydrogens is 284 g/mol. The summed E-state index contributed by atoms with van der Waals surface area (Å²) in [6.07, 6.45) is 18.8. The van der Waals surface area contributed by atoms with Crippen molar-refractivity contribution >= 4 is 5.97 Å². The predicted molar refractivity (Wildman–Crippen MR) is 101 cm³/mol. The fourth-order valence-corrected chi connectivity index (χ4v) is 2.62. The number of carbonyl (C=O) groups is 1. The smallest absolute Gasteiger partial charge is 0.333 e. The van der Waals surface area contributed by atoms with Crippen molar-refractivity contribution in [2.75, 3.05) is 6.61 Å². The van der Waals surface area contributed by atoms with Gasteiger partial charge in [0.25, 0.3) is 0 Å². The van der Waals surface area contributed by atoms with Crippen LogP contribution in [0.15, 0.2) is 11.6 Å². The molecular formula is C21H40O2. The molecule has 0 radical (unpaired) electrons. The molecule has 0 fully saturated rings. The van der Waals surface area contributed by atoms with Gasteiger partial charge in [0.15, 0.2) is 0 Å². The zero-order valence-electron chi connectivity index (χ0n) is 16.0. The molecule has 0 aliphatic rings. The van der Waals surface area contributed by atoms with Crippen LogP contribution < -0.4 is 0 Å². The maximum atomic E-state index is 12.2. The molecule has 0 saturated carbocycles. The monoisotopic (exact) mass is 324 g/mol. The van der Waals surface area contributed by atoms with Gasteiger partial charge in [-0.05, 0) is 25.7 Å². The molecule has 2 nitrogen and oxygen atoms in total. The minimum atomic E-state index is -0.0718. The van der Waals surface area contributed by atoms with E-state index in [1.54, 1.807) is 0 Å². The van der Waals surface area contributed by atoms with Crippen molar-refractivity contribution in [3.05, 3.63) is 11.6 Å². The van der Waals surface area contributed by atoms with Crippen LogP contribution in [0.2, 0.25) is 0 Å². The number of hydrogen-bond acceptors (Lipinski definition) is 2. The van der Waals surface area contributed by atoms with E-state index in [1.165, 1.54) is 51.4 Å². The highest BCUT2D eigenvalue weighted by Crippen LogP contribution is 2.15. The Labute approximate surface area is 145 Å². The van der Waals surface area contributed by atoms with Crippen LogP contribution in [0.5, 0.6) is 0 Å². The number of ether oxygens (including phenoxy) is 1. The normalized spacial score (nSPS) is 11.7. The van der Waals surface area contributed by atoms with E-state index >= 15 is 0 Å². The summed E-state index contributed by atoms with van der Waals surface area (Å²) in [4.78, 5) is 12.2. The Morgan fingerprint density at radius 1 is 0.739 bits per heavy atom. The summed E-state index contributed by atoms with van der Waals surface area (Å²) < 4.78 is 5.39. The van der Waals surface area contributed by atoms with E-state index in [2.05, 4.69) is 26.8 Å². The molecule has 0 aliphatic carbocycles. The third kappa shape index (κ3) is 14.5. The van der Waals surface area contributed by atoms with Crippen LogP contribution >= 0.6 is 0 Å². The molecule has 0 heterocycles. The van der Waals surface area contributed by atoms with Crippen LogP contribution in [0.3, 0.4) is 0 Å². The van der Waals surface area contributed by atoms with E-state index in [0.29, 0.717) is 6.61 Å². The average Bonchev–Trinajstić information content (AvgIpc) is 2.55. The van der Waals surface area contributed by atoms with Gasteiger partial charge in [0.1, 0.15) is 0 Å². The van der Waals surface area contributed by atoms with E-state index in [-0.39, 0.29) is 5.97 Å². The largest absolute Gasteiger partial charge is 0.462 e. The molecule has 0 bridgehead atoms. The van der Waals surface area contributed by atoms with Gasteiger partial charge in [-0.2, -0.15) is 0 Å². The summed E-state index contributed by atoms with van der Waals surface area (Å²) in [6.45, 7) is 7.13. The van der Waals surface area contributed by atoms with Gasteiger partial charge in [-0.25, -0.2) is 4.79 Å². The third-order valence-electron chi connectivity index (χ3n) is 4.24. The standard InChI is InChI=1S/C21H40O2/c1-4-7-10-11-12-13-14-16-18-20(17-15-8-5-2)21(22)23-19-9-6-3/h17H,4-16,18-19H2,1-3H3. The van der Waals surface area contributed by atoms with Crippen LogP contribution in [0.4, 0.5) is 0 Å². The van der Waals surface area contributed by atoms with Crippen LogP contribution in [-0.4, -0.2) is 12.6 Å². The lowest BCUT2D eigenvalue weighted by molar-refractivity contribution is -0.139. The van der Waals surface area contributed by atoms with Gasteiger partial charge in [-0.3, -0.25) is 0 Å². The van der Waals surface area contributed by atoms with Gasteiger partial charge in [0, 0.05) is 5.57 Å². The minimum absolute atomic E-state index is 0.0718. The molecule has 0 spiro atoms. The summed E-state index contributed by atoms with van der Waals surface area (Å²) in [6, 6.07) is 0. The van der Waals surface area contributed by atoms with E-state index in [0.717, 1.165) is 44.1 Å². The highest BCUT2D eigenvalue weighted by atomic mass is 16.5. The molecule has 136 valence electrons. The van der Waals surface area contributed by atoms with Crippen molar-refractivity contribution < 1.29 is 9.53 Å². The lowest BCUT2D eigenvalue weighted by atomic mass is 10.0. The van der Waals surface area contributed by atoms with E-state index in [9.17, 15) is 4.79 Å². The Balaban J connectivity index is 3.96. The molecule has 0 rings (SSSR count). The van der Waals surface area contributed by atoms with Crippen LogP contribution in [0, 0.1) is 0 Å². The number of hydrogen-bond donors (Lipinski definition) is 0. The summed E-state index contributed by atoms with van der Waals surface area (Å²) in [5.41, 5.74) is 0.917. The van der Waals surface area contributed by atoms with Crippen molar-refractivity contribution in [2.45, 2.75) is 111 Å². The van der Waals surface area contributed by atoms with E-state index < -0.39 is 0 Å². The minimum Gasteiger partial charge on any atom is -0.462 e. The Bertz CT molecular complexity index is 294. The third-order valence-corrected chi connectivity index (χ3v) is 4.24. The number of allylic oxidation sites excluding steroid dienone is 1. The fraction of sp³-hybridized carbons (Fsp3) is 0.857. The maximum Gasteiger partial charge on any atom is 0.333 e. The number of rotatable bonds is 16. The number of unbranched alkanes of at least 4 members (excludes halogenated alkanes) is 10. The topological polar surface area (TPSA) is 26.3 Å². The lowest BCUT2D eigenvalue weighted by Gasteiger charge is -2.09. The molecule has 0 N–H and O–H groups in total. The van der Waals surface area contributed by atoms with Crippen molar-refractivity contribution in [3.8, 4) is 0 Å². The second kappa shape index (κ2) is 17.6. The highest BCUT2D eigenvalue weighted by Gasteiger charge is 2.10. The lowest BCUT2D eigenvalue weighted by Crippen LogP contribution is -2.09. The van der Waals surface area contributed by atoms with Gasteiger partial charge >= 0.3 is 5.97 Å². The summed E-state index contributed by atoms with van der Waals surface area (Å²) in [5.74, 6) is -0.0718. The molecule has 0 atom stereocenters. The molecule has 0 aromatic rings. The van der Waals surface area contributed by atoms with E-state index in [4.69, 9.17) is 4.74 Å². The number of carbonyl (C=O) groups excluding carboxylic acids is 1. The maximum absolute atomic E-state index is 12.2. The zero-order valence-corrected chi connectivity index (χ0v) is 16.0. The van der Waals surface area contributed by atoms with Crippen molar-refractivity contribution in [2.24, 2.45) is 0 Å². The molecule has 23 heavy (non-hydrogen) atoms. The van der Waals surface area contributed by atoms with Gasteiger partial charge in [-0.1, -0.05) is 91.1 Å². The Morgan fingerprint density at radius 3 is 1.91 bits per heavy atom. The first-order chi connectivity index (χ1) is 11.3. The van der Waals surface area contributed by atoms with Gasteiger partial charge in [-0.15, -0.1) is 0 Å². The molecule has 0 saturated heterocycles. The Kier molecular flexibility index (Phi) is 17.0. The Hall–Kier alpha value is -0.790. The van der Waals surface area contributed by atoms with E-state index in [1.807, 2.05) is 0 Å². The van der Waals surface area contributed by atoms with Crippen LogP contribution in [0.25, 0.3) is 0 Å². The molecule has 0 aromatic heterocycles. The van der Waals surface area contributed by atoms with Crippen LogP contribution in [0.1, 0.15) is 111 Å². The molecule has 2 heteroatoms. The van der Waals surface area contributed by atoms with Gasteiger partial charge < -0.3 is 4.74 Å². The second-order valence-electron chi connectivity index (χ2n) is 6.59. The van der Waals surface area contributed by atoms with Crippen molar-refractivity contribution in [1.82, 2.24) is 0 Å². The van der Waals surface area contributed by atoms with Crippen molar-refractivity contribution in [3.63, 3.8) is 0 Å². The first-order valence-corrected chi connectivity index (χ1v) is 10.1.